The van der Waals surface area contributed by atoms with Crippen LogP contribution < -0.4 is 25.4 Å². The van der Waals surface area contributed by atoms with Gasteiger partial charge in [-0.15, -0.1) is 0 Å². The number of fused-ring (bicyclic) bond motifs is 1. The van der Waals surface area contributed by atoms with Crippen LogP contribution in [0.4, 0.5) is 5.69 Å². The van der Waals surface area contributed by atoms with Crippen LogP contribution in [0.25, 0.3) is 0 Å². The molecule has 8 heteroatoms. The number of benzene rings is 1. The number of ether oxygens (including phenoxy) is 3. The van der Waals surface area contributed by atoms with Gasteiger partial charge in [0.05, 0.1) is 26.4 Å². The first-order chi connectivity index (χ1) is 11.7. The molecule has 0 saturated heterocycles. The minimum absolute atomic E-state index is 0.119. The molecule has 24 heavy (non-hydrogen) atoms. The van der Waals surface area contributed by atoms with Crippen LogP contribution in [0.15, 0.2) is 23.2 Å². The Morgan fingerprint density at radius 3 is 2.79 bits per heavy atom. The van der Waals surface area contributed by atoms with Gasteiger partial charge in [-0.05, 0) is 12.1 Å². The topological polar surface area (TPSA) is 93.2 Å². The van der Waals surface area contributed by atoms with Crippen molar-refractivity contribution in [2.24, 2.45) is 4.99 Å². The highest BCUT2D eigenvalue weighted by atomic mass is 16.5. The Kier molecular flexibility index (Phi) is 7.16. The molecule has 1 amide bonds. The molecule has 0 spiro atoms. The number of rotatable bonds is 6. The first-order valence-corrected chi connectivity index (χ1v) is 7.86. The second-order valence-corrected chi connectivity index (χ2v) is 5.11. The van der Waals surface area contributed by atoms with Crippen LogP contribution in [0, 0.1) is 0 Å². The Morgan fingerprint density at radius 1 is 1.25 bits per heavy atom. The molecule has 1 heterocycles. The van der Waals surface area contributed by atoms with Crippen molar-refractivity contribution < 1.29 is 19.0 Å². The van der Waals surface area contributed by atoms with Crippen molar-refractivity contribution in [1.82, 2.24) is 10.6 Å². The number of carbonyl (C=O) groups excluding carboxylic acids is 1. The van der Waals surface area contributed by atoms with E-state index < -0.39 is 0 Å². The molecular weight excluding hydrogens is 312 g/mol. The largest absolute Gasteiger partial charge is 0.490 e. The summed E-state index contributed by atoms with van der Waals surface area (Å²) in [5.41, 5.74) is 0.798. The van der Waals surface area contributed by atoms with Gasteiger partial charge in [0.2, 0.25) is 5.91 Å². The van der Waals surface area contributed by atoms with Gasteiger partial charge in [-0.3, -0.25) is 9.79 Å². The van der Waals surface area contributed by atoms with Gasteiger partial charge in [0.1, 0.15) is 0 Å². The lowest BCUT2D eigenvalue weighted by molar-refractivity contribution is -0.120. The average Bonchev–Trinajstić information content (AvgIpc) is 2.83. The predicted octanol–water partition coefficient (Wildman–Crippen LogP) is 0.598. The van der Waals surface area contributed by atoms with E-state index in [1.165, 1.54) is 0 Å². The third-order valence-corrected chi connectivity index (χ3v) is 3.28. The number of guanidine groups is 1. The molecule has 3 N–H and O–H groups in total. The molecule has 0 aliphatic carbocycles. The fourth-order valence-corrected chi connectivity index (χ4v) is 2.08. The maximum Gasteiger partial charge on any atom is 0.239 e. The van der Waals surface area contributed by atoms with Crippen molar-refractivity contribution in [3.63, 3.8) is 0 Å². The molecule has 1 aliphatic heterocycles. The number of hydrogen-bond acceptors (Lipinski definition) is 5. The Hall–Kier alpha value is -2.48. The molecule has 0 fully saturated rings. The molecule has 8 nitrogen and oxygen atoms in total. The van der Waals surface area contributed by atoms with Crippen molar-refractivity contribution in [3.8, 4) is 11.5 Å². The number of nitrogens with one attached hydrogen (secondary N) is 3. The fraction of sp³-hybridized carbons (Fsp3) is 0.500. The van der Waals surface area contributed by atoms with Crippen LogP contribution in [-0.2, 0) is 9.53 Å². The van der Waals surface area contributed by atoms with E-state index in [0.29, 0.717) is 38.1 Å². The van der Waals surface area contributed by atoms with Gasteiger partial charge in [0.25, 0.3) is 0 Å². The van der Waals surface area contributed by atoms with E-state index in [1.54, 1.807) is 14.2 Å². The second kappa shape index (κ2) is 9.61. The van der Waals surface area contributed by atoms with E-state index in [0.717, 1.165) is 17.9 Å². The average molecular weight is 336 g/mol. The molecule has 0 bridgehead atoms. The van der Waals surface area contributed by atoms with Crippen LogP contribution in [0.2, 0.25) is 0 Å². The van der Waals surface area contributed by atoms with Gasteiger partial charge in [-0.2, -0.15) is 0 Å². The summed E-state index contributed by atoms with van der Waals surface area (Å²) < 4.78 is 16.1. The van der Waals surface area contributed by atoms with Crippen LogP contribution >= 0.6 is 0 Å². The highest BCUT2D eigenvalue weighted by Gasteiger charge is 2.11. The van der Waals surface area contributed by atoms with E-state index in [4.69, 9.17) is 14.2 Å². The second-order valence-electron chi connectivity index (χ2n) is 5.11. The number of methoxy groups -OCH3 is 1. The third-order valence-electron chi connectivity index (χ3n) is 3.28. The van der Waals surface area contributed by atoms with Gasteiger partial charge in [-0.1, -0.05) is 0 Å². The summed E-state index contributed by atoms with van der Waals surface area (Å²) in [6, 6.07) is 5.58. The van der Waals surface area contributed by atoms with E-state index in [-0.39, 0.29) is 12.5 Å². The minimum atomic E-state index is -0.131. The summed E-state index contributed by atoms with van der Waals surface area (Å²) in [5, 5.41) is 8.80. The van der Waals surface area contributed by atoms with Gasteiger partial charge in [0.15, 0.2) is 17.5 Å². The first kappa shape index (κ1) is 17.9. The van der Waals surface area contributed by atoms with Crippen molar-refractivity contribution in [2.45, 2.75) is 6.42 Å². The molecule has 1 aliphatic rings. The summed E-state index contributed by atoms with van der Waals surface area (Å²) >= 11 is 0. The van der Waals surface area contributed by atoms with Crippen molar-refractivity contribution >= 4 is 17.6 Å². The number of nitrogens with zero attached hydrogens (tertiary/aromatic N) is 1. The molecule has 0 aromatic heterocycles. The normalized spacial score (nSPS) is 13.8. The number of carbonyl (C=O) groups is 1. The number of anilines is 1. The number of amides is 1. The highest BCUT2D eigenvalue weighted by Crippen LogP contribution is 2.32. The molecular formula is C16H24N4O4. The van der Waals surface area contributed by atoms with Crippen molar-refractivity contribution in [2.75, 3.05) is 52.4 Å². The smallest absolute Gasteiger partial charge is 0.239 e. The zero-order chi connectivity index (χ0) is 17.2. The van der Waals surface area contributed by atoms with Gasteiger partial charge in [-0.25, -0.2) is 0 Å². The lowest BCUT2D eigenvalue weighted by atomic mass is 10.3. The monoisotopic (exact) mass is 336 g/mol. The Morgan fingerprint density at radius 2 is 2.04 bits per heavy atom. The zero-order valence-electron chi connectivity index (χ0n) is 14.1. The van der Waals surface area contributed by atoms with E-state index in [1.807, 2.05) is 18.2 Å². The summed E-state index contributed by atoms with van der Waals surface area (Å²) in [6.45, 7) is 2.36. The van der Waals surface area contributed by atoms with Crippen LogP contribution in [0.3, 0.4) is 0 Å². The standard InChI is InChI=1S/C16H24N4O4/c1-17-16(19-11-15(21)18-6-9-22-2)20-12-4-5-13-14(10-12)24-8-3-7-23-13/h4-5,10H,3,6-9,11H2,1-2H3,(H,18,21)(H2,17,19,20). The quantitative estimate of drug-likeness (QED) is 0.400. The highest BCUT2D eigenvalue weighted by molar-refractivity contribution is 5.96. The van der Waals surface area contributed by atoms with Gasteiger partial charge >= 0.3 is 0 Å². The van der Waals surface area contributed by atoms with E-state index in [2.05, 4.69) is 20.9 Å². The Bertz CT molecular complexity index is 577. The zero-order valence-corrected chi connectivity index (χ0v) is 14.1. The van der Waals surface area contributed by atoms with E-state index in [9.17, 15) is 4.79 Å². The molecule has 2 rings (SSSR count). The molecule has 0 radical (unpaired) electrons. The van der Waals surface area contributed by atoms with Crippen LogP contribution in [-0.4, -0.2) is 58.9 Å². The molecule has 0 saturated carbocycles. The van der Waals surface area contributed by atoms with Gasteiger partial charge < -0.3 is 30.2 Å². The molecule has 0 atom stereocenters. The van der Waals surface area contributed by atoms with Gasteiger partial charge in [0, 0.05) is 38.9 Å². The minimum Gasteiger partial charge on any atom is -0.490 e. The Labute approximate surface area is 141 Å². The van der Waals surface area contributed by atoms with Crippen molar-refractivity contribution in [1.29, 1.82) is 0 Å². The third kappa shape index (κ3) is 5.62. The van der Waals surface area contributed by atoms with E-state index >= 15 is 0 Å². The molecule has 1 aromatic carbocycles. The molecule has 132 valence electrons. The molecule has 0 unspecified atom stereocenters. The predicted molar refractivity (Wildman–Crippen MR) is 91.9 cm³/mol. The number of aliphatic imine (C=N–C) groups is 1. The maximum absolute atomic E-state index is 11.7. The summed E-state index contributed by atoms with van der Waals surface area (Å²) in [6.07, 6.45) is 0.860. The van der Waals surface area contributed by atoms with Crippen LogP contribution in [0.5, 0.6) is 11.5 Å². The number of hydrogen-bond donors (Lipinski definition) is 3. The fourth-order valence-electron chi connectivity index (χ4n) is 2.08. The first-order valence-electron chi connectivity index (χ1n) is 7.86. The van der Waals surface area contributed by atoms with Crippen LogP contribution in [0.1, 0.15) is 6.42 Å². The Balaban J connectivity index is 1.86. The summed E-state index contributed by atoms with van der Waals surface area (Å²) in [4.78, 5) is 15.8. The summed E-state index contributed by atoms with van der Waals surface area (Å²) in [5.74, 6) is 1.80. The maximum atomic E-state index is 11.7. The molecule has 1 aromatic rings. The SMILES string of the molecule is CN=C(NCC(=O)NCCOC)Nc1ccc2c(c1)OCCCO2. The lowest BCUT2D eigenvalue weighted by Gasteiger charge is -2.14. The summed E-state index contributed by atoms with van der Waals surface area (Å²) in [7, 11) is 3.23. The van der Waals surface area contributed by atoms with Crippen molar-refractivity contribution in [3.05, 3.63) is 18.2 Å². The lowest BCUT2D eigenvalue weighted by Crippen LogP contribution is -2.40.